The molecule has 0 N–H and O–H groups in total. The molecule has 0 aliphatic heterocycles. The predicted octanol–water partition coefficient (Wildman–Crippen LogP) is 11.7. The molecule has 7 heteroatoms. The number of benzene rings is 7. The van der Waals surface area contributed by atoms with Crippen molar-refractivity contribution in [1.82, 2.24) is 9.13 Å². The summed E-state index contributed by atoms with van der Waals surface area (Å²) in [6.07, 6.45) is 0. The zero-order chi connectivity index (χ0) is 35.1. The maximum atomic E-state index is 10.7. The monoisotopic (exact) mass is 683 g/mol. The van der Waals surface area contributed by atoms with Crippen molar-refractivity contribution in [3.63, 3.8) is 0 Å². The van der Waals surface area contributed by atoms with Crippen molar-refractivity contribution in [3.8, 4) is 40.7 Å². The van der Waals surface area contributed by atoms with Gasteiger partial charge in [0.15, 0.2) is 0 Å². The van der Waals surface area contributed by atoms with Gasteiger partial charge in [0.1, 0.15) is 23.3 Å². The van der Waals surface area contributed by atoms with Crippen LogP contribution in [0.4, 0.5) is 0 Å². The normalized spacial score (nSPS) is 11.5. The van der Waals surface area contributed by atoms with Crippen LogP contribution in [0.15, 0.2) is 138 Å². The van der Waals surface area contributed by atoms with E-state index in [1.54, 1.807) is 12.1 Å². The number of rotatable bonds is 3. The SMILES string of the molecule is N#Cc1cc(-n2c3ccccc3c3ccccc32)c(C#N)cc1-c1ccc(-n2c3ccccc3c3c4oc5ccccc5c4ccc32)c(Cl)c1C#N. The van der Waals surface area contributed by atoms with Gasteiger partial charge in [-0.25, -0.2) is 0 Å². The van der Waals surface area contributed by atoms with Crippen LogP contribution < -0.4 is 0 Å². The molecule has 0 atom stereocenters. The maximum Gasteiger partial charge on any atom is 0.145 e. The van der Waals surface area contributed by atoms with Crippen LogP contribution in [0.25, 0.3) is 88.1 Å². The van der Waals surface area contributed by atoms with E-state index in [-0.39, 0.29) is 10.6 Å². The summed E-state index contributed by atoms with van der Waals surface area (Å²) in [6.45, 7) is 0. The molecule has 0 radical (unpaired) electrons. The maximum absolute atomic E-state index is 10.7. The molecule has 0 saturated heterocycles. The Labute approximate surface area is 301 Å². The third-order valence-corrected chi connectivity index (χ3v) is 10.5. The minimum atomic E-state index is 0.208. The van der Waals surface area contributed by atoms with Crippen LogP contribution in [0.1, 0.15) is 16.7 Å². The number of hydrogen-bond acceptors (Lipinski definition) is 4. The van der Waals surface area contributed by atoms with Gasteiger partial charge in [-0.1, -0.05) is 90.5 Å². The Kier molecular flexibility index (Phi) is 6.32. The number of halogens is 1. The summed E-state index contributed by atoms with van der Waals surface area (Å²) in [5.41, 5.74) is 8.25. The van der Waals surface area contributed by atoms with Gasteiger partial charge in [0.25, 0.3) is 0 Å². The first kappa shape index (κ1) is 29.6. The first-order valence-electron chi connectivity index (χ1n) is 16.6. The van der Waals surface area contributed by atoms with Gasteiger partial charge >= 0.3 is 0 Å². The van der Waals surface area contributed by atoms with E-state index in [1.807, 2.05) is 89.5 Å². The van der Waals surface area contributed by atoms with Gasteiger partial charge < -0.3 is 13.6 Å². The van der Waals surface area contributed by atoms with Crippen LogP contribution >= 0.6 is 11.6 Å². The van der Waals surface area contributed by atoms with Crippen LogP contribution in [0, 0.1) is 34.0 Å². The highest BCUT2D eigenvalue weighted by Crippen LogP contribution is 2.44. The molecular formula is C45H22ClN5O. The van der Waals surface area contributed by atoms with Gasteiger partial charge in [0.2, 0.25) is 0 Å². The fourth-order valence-corrected chi connectivity index (χ4v) is 8.22. The summed E-state index contributed by atoms with van der Waals surface area (Å²) < 4.78 is 10.5. The fourth-order valence-electron chi connectivity index (χ4n) is 7.93. The largest absolute Gasteiger partial charge is 0.455 e. The summed E-state index contributed by atoms with van der Waals surface area (Å²) in [4.78, 5) is 0. The Hall–Kier alpha value is -7.30. The van der Waals surface area contributed by atoms with E-state index in [1.165, 1.54) is 0 Å². The standard InChI is InChI=1S/C45H22ClN5O/c46-44-35(25-49)28(34-21-27(24-48)41(22-26(34)23-47)50-36-13-5-1-9-29(36)30-10-2-6-14-37(30)50)17-20-40(44)51-38-15-7-3-12-33(38)43-39(51)19-18-32-31-11-4-8-16-42(31)52-45(32)43/h1-22H. The summed E-state index contributed by atoms with van der Waals surface area (Å²) >= 11 is 7.23. The molecule has 0 aliphatic rings. The molecule has 0 spiro atoms. The van der Waals surface area contributed by atoms with Crippen molar-refractivity contribution in [3.05, 3.63) is 155 Å². The number of para-hydroxylation sites is 4. The van der Waals surface area contributed by atoms with Gasteiger partial charge in [0.05, 0.1) is 66.6 Å². The fraction of sp³-hybridized carbons (Fsp3) is 0. The zero-order valence-electron chi connectivity index (χ0n) is 27.2. The average Bonchev–Trinajstić information content (AvgIpc) is 3.85. The molecule has 0 aliphatic carbocycles. The van der Waals surface area contributed by atoms with E-state index in [4.69, 9.17) is 16.0 Å². The topological polar surface area (TPSA) is 94.4 Å². The van der Waals surface area contributed by atoms with Crippen molar-refractivity contribution < 1.29 is 4.42 Å². The van der Waals surface area contributed by atoms with Gasteiger partial charge in [-0.15, -0.1) is 0 Å². The minimum absolute atomic E-state index is 0.208. The predicted molar refractivity (Wildman–Crippen MR) is 207 cm³/mol. The summed E-state index contributed by atoms with van der Waals surface area (Å²) in [7, 11) is 0. The molecule has 240 valence electrons. The van der Waals surface area contributed by atoms with Crippen molar-refractivity contribution in [2.45, 2.75) is 0 Å². The number of hydrogen-bond donors (Lipinski definition) is 0. The van der Waals surface area contributed by atoms with Crippen molar-refractivity contribution in [1.29, 1.82) is 15.8 Å². The molecule has 3 aromatic heterocycles. The van der Waals surface area contributed by atoms with E-state index in [0.717, 1.165) is 65.6 Å². The zero-order valence-corrected chi connectivity index (χ0v) is 28.0. The molecule has 0 fully saturated rings. The lowest BCUT2D eigenvalue weighted by molar-refractivity contribution is 0.673. The van der Waals surface area contributed by atoms with E-state index in [9.17, 15) is 15.8 Å². The van der Waals surface area contributed by atoms with E-state index >= 15 is 0 Å². The number of nitrogens with zero attached hydrogens (tertiary/aromatic N) is 5. The molecule has 10 aromatic rings. The summed E-state index contributed by atoms with van der Waals surface area (Å²) in [6, 6.07) is 50.4. The van der Waals surface area contributed by atoms with Crippen molar-refractivity contribution >= 4 is 77.2 Å². The first-order valence-corrected chi connectivity index (χ1v) is 17.0. The molecule has 0 amide bonds. The molecule has 7 aromatic carbocycles. The molecule has 52 heavy (non-hydrogen) atoms. The number of furan rings is 1. The molecule has 6 nitrogen and oxygen atoms in total. The average molecular weight is 684 g/mol. The molecule has 0 unspecified atom stereocenters. The molecule has 0 bridgehead atoms. The molecule has 3 heterocycles. The Morgan fingerprint density at radius 3 is 1.75 bits per heavy atom. The van der Waals surface area contributed by atoms with Crippen LogP contribution in [0.3, 0.4) is 0 Å². The van der Waals surface area contributed by atoms with E-state index in [0.29, 0.717) is 33.6 Å². The lowest BCUT2D eigenvalue weighted by atomic mass is 9.93. The highest BCUT2D eigenvalue weighted by molar-refractivity contribution is 6.34. The Morgan fingerprint density at radius 1 is 0.481 bits per heavy atom. The summed E-state index contributed by atoms with van der Waals surface area (Å²) in [5.74, 6) is 0. The Bertz CT molecular complexity index is 3250. The van der Waals surface area contributed by atoms with E-state index in [2.05, 4.69) is 59.2 Å². The molecular weight excluding hydrogens is 662 g/mol. The summed E-state index contributed by atoms with van der Waals surface area (Å²) in [5, 5.41) is 38.0. The number of aromatic nitrogens is 2. The van der Waals surface area contributed by atoms with Gasteiger partial charge in [-0.05, 0) is 54.6 Å². The second-order valence-electron chi connectivity index (χ2n) is 12.7. The third-order valence-electron chi connectivity index (χ3n) is 10.1. The van der Waals surface area contributed by atoms with Gasteiger partial charge in [0, 0.05) is 38.1 Å². The Morgan fingerprint density at radius 2 is 1.08 bits per heavy atom. The third kappa shape index (κ3) is 3.97. The van der Waals surface area contributed by atoms with Crippen LogP contribution in [-0.4, -0.2) is 9.13 Å². The molecule has 0 saturated carbocycles. The number of fused-ring (bicyclic) bond motifs is 10. The van der Waals surface area contributed by atoms with Crippen molar-refractivity contribution in [2.24, 2.45) is 0 Å². The van der Waals surface area contributed by atoms with E-state index < -0.39 is 0 Å². The molecule has 10 rings (SSSR count). The van der Waals surface area contributed by atoms with Crippen LogP contribution in [0.2, 0.25) is 5.02 Å². The minimum Gasteiger partial charge on any atom is -0.455 e. The quantitative estimate of drug-likeness (QED) is 0.185. The lowest BCUT2D eigenvalue weighted by Crippen LogP contribution is -2.02. The van der Waals surface area contributed by atoms with Crippen molar-refractivity contribution in [2.75, 3.05) is 0 Å². The van der Waals surface area contributed by atoms with Crippen LogP contribution in [-0.2, 0) is 0 Å². The number of nitriles is 3. The highest BCUT2D eigenvalue weighted by atomic mass is 35.5. The Balaban J connectivity index is 1.20. The smallest absolute Gasteiger partial charge is 0.145 e. The first-order chi connectivity index (χ1) is 25.6. The second-order valence-corrected chi connectivity index (χ2v) is 13.1. The highest BCUT2D eigenvalue weighted by Gasteiger charge is 2.24. The van der Waals surface area contributed by atoms with Crippen LogP contribution in [0.5, 0.6) is 0 Å². The second kappa shape index (κ2) is 11.1. The lowest BCUT2D eigenvalue weighted by Gasteiger charge is -2.16. The van der Waals surface area contributed by atoms with Gasteiger partial charge in [-0.2, -0.15) is 15.8 Å². The van der Waals surface area contributed by atoms with Gasteiger partial charge in [-0.3, -0.25) is 0 Å².